The summed E-state index contributed by atoms with van der Waals surface area (Å²) >= 11 is 3.28. The van der Waals surface area contributed by atoms with E-state index in [2.05, 4.69) is 38.3 Å². The van der Waals surface area contributed by atoms with Crippen LogP contribution in [0.4, 0.5) is 4.39 Å². The average molecular weight is 327 g/mol. The molecule has 0 saturated heterocycles. The highest BCUT2D eigenvalue weighted by atomic mass is 79.9. The lowest BCUT2D eigenvalue weighted by Crippen LogP contribution is -2.15. The summed E-state index contributed by atoms with van der Waals surface area (Å²) in [4.78, 5) is 4.21. The van der Waals surface area contributed by atoms with Crippen LogP contribution in [0.25, 0.3) is 0 Å². The zero-order valence-electron chi connectivity index (χ0n) is 10.7. The number of rotatable bonds is 6. The van der Waals surface area contributed by atoms with Gasteiger partial charge in [0.15, 0.2) is 5.82 Å². The fourth-order valence-corrected chi connectivity index (χ4v) is 2.27. The molecule has 19 heavy (non-hydrogen) atoms. The van der Waals surface area contributed by atoms with E-state index < -0.39 is 0 Å². The largest absolute Gasteiger partial charge is 0.310 e. The summed E-state index contributed by atoms with van der Waals surface area (Å²) in [6.45, 7) is 4.23. The summed E-state index contributed by atoms with van der Waals surface area (Å²) < 4.78 is 15.7. The SMILES string of the molecule is CCCNCc1ncn(Cc2cc(F)cc(Br)c2)n1. The lowest BCUT2D eigenvalue weighted by atomic mass is 10.2. The molecule has 1 heterocycles. The van der Waals surface area contributed by atoms with Crippen molar-refractivity contribution in [3.05, 3.63) is 46.2 Å². The maximum atomic E-state index is 13.3. The normalized spacial score (nSPS) is 10.9. The average Bonchev–Trinajstić information content (AvgIpc) is 2.76. The molecule has 0 bridgehead atoms. The molecule has 0 unspecified atom stereocenters. The Bertz CT molecular complexity index is 521. The first-order chi connectivity index (χ1) is 9.17. The van der Waals surface area contributed by atoms with Crippen molar-refractivity contribution in [2.45, 2.75) is 26.4 Å². The number of halogens is 2. The maximum Gasteiger partial charge on any atom is 0.164 e. The van der Waals surface area contributed by atoms with E-state index in [-0.39, 0.29) is 5.82 Å². The van der Waals surface area contributed by atoms with Gasteiger partial charge in [-0.1, -0.05) is 22.9 Å². The molecule has 0 aliphatic carbocycles. The lowest BCUT2D eigenvalue weighted by Gasteiger charge is -2.02. The van der Waals surface area contributed by atoms with Gasteiger partial charge in [0, 0.05) is 4.47 Å². The van der Waals surface area contributed by atoms with Crippen molar-refractivity contribution in [1.29, 1.82) is 0 Å². The third kappa shape index (κ3) is 4.40. The van der Waals surface area contributed by atoms with Gasteiger partial charge in [-0.2, -0.15) is 5.10 Å². The summed E-state index contributed by atoms with van der Waals surface area (Å²) in [6.07, 6.45) is 2.75. The van der Waals surface area contributed by atoms with E-state index in [9.17, 15) is 4.39 Å². The monoisotopic (exact) mass is 326 g/mol. The molecule has 0 spiro atoms. The van der Waals surface area contributed by atoms with Gasteiger partial charge in [-0.3, -0.25) is 0 Å². The third-order valence-electron chi connectivity index (χ3n) is 2.56. The predicted molar refractivity (Wildman–Crippen MR) is 75.2 cm³/mol. The van der Waals surface area contributed by atoms with Crippen molar-refractivity contribution >= 4 is 15.9 Å². The Morgan fingerprint density at radius 3 is 2.95 bits per heavy atom. The molecule has 1 aromatic carbocycles. The van der Waals surface area contributed by atoms with Crippen molar-refractivity contribution in [1.82, 2.24) is 20.1 Å². The summed E-state index contributed by atoms with van der Waals surface area (Å²) in [5, 5.41) is 7.58. The first-order valence-electron chi connectivity index (χ1n) is 6.21. The Morgan fingerprint density at radius 2 is 2.21 bits per heavy atom. The molecule has 0 saturated carbocycles. The summed E-state index contributed by atoms with van der Waals surface area (Å²) in [7, 11) is 0. The van der Waals surface area contributed by atoms with Crippen LogP contribution in [-0.4, -0.2) is 21.3 Å². The molecular formula is C13H16BrFN4. The van der Waals surface area contributed by atoms with E-state index in [1.165, 1.54) is 12.1 Å². The van der Waals surface area contributed by atoms with Gasteiger partial charge in [-0.15, -0.1) is 0 Å². The molecule has 1 N–H and O–H groups in total. The van der Waals surface area contributed by atoms with Crippen LogP contribution in [0.5, 0.6) is 0 Å². The Labute approximate surface area is 120 Å². The zero-order valence-corrected chi connectivity index (χ0v) is 12.3. The summed E-state index contributed by atoms with van der Waals surface area (Å²) in [5.41, 5.74) is 0.852. The topological polar surface area (TPSA) is 42.7 Å². The number of nitrogens with one attached hydrogen (secondary N) is 1. The fraction of sp³-hybridized carbons (Fsp3) is 0.385. The molecule has 4 nitrogen and oxygen atoms in total. The third-order valence-corrected chi connectivity index (χ3v) is 3.02. The van der Waals surface area contributed by atoms with Gasteiger partial charge in [0.05, 0.1) is 13.1 Å². The smallest absolute Gasteiger partial charge is 0.164 e. The van der Waals surface area contributed by atoms with Crippen LogP contribution >= 0.6 is 15.9 Å². The molecule has 1 aromatic heterocycles. The van der Waals surface area contributed by atoms with Crippen molar-refractivity contribution < 1.29 is 4.39 Å². The molecule has 0 fully saturated rings. The van der Waals surface area contributed by atoms with Crippen molar-refractivity contribution in [3.8, 4) is 0 Å². The quantitative estimate of drug-likeness (QED) is 0.830. The standard InChI is InChI=1S/C13H16BrFN4/c1-2-3-16-7-13-17-9-19(18-13)8-10-4-11(14)6-12(15)5-10/h4-6,9,16H,2-3,7-8H2,1H3. The number of benzene rings is 1. The summed E-state index contributed by atoms with van der Waals surface area (Å²) in [5.74, 6) is 0.498. The lowest BCUT2D eigenvalue weighted by molar-refractivity contribution is 0.610. The molecule has 102 valence electrons. The molecule has 6 heteroatoms. The highest BCUT2D eigenvalue weighted by Gasteiger charge is 2.03. The molecule has 2 rings (SSSR count). The molecule has 0 aliphatic rings. The van der Waals surface area contributed by atoms with Gasteiger partial charge in [0.1, 0.15) is 12.1 Å². The second kappa shape index (κ2) is 6.77. The van der Waals surface area contributed by atoms with E-state index in [1.807, 2.05) is 6.07 Å². The van der Waals surface area contributed by atoms with Gasteiger partial charge in [0.2, 0.25) is 0 Å². The first kappa shape index (κ1) is 14.1. The second-order valence-corrected chi connectivity index (χ2v) is 5.23. The van der Waals surface area contributed by atoms with Crippen LogP contribution in [-0.2, 0) is 13.1 Å². The van der Waals surface area contributed by atoms with E-state index >= 15 is 0 Å². The van der Waals surface area contributed by atoms with Crippen LogP contribution in [0.2, 0.25) is 0 Å². The Balaban J connectivity index is 1.99. The van der Waals surface area contributed by atoms with Crippen molar-refractivity contribution in [2.75, 3.05) is 6.54 Å². The Hall–Kier alpha value is -1.27. The number of hydrogen-bond donors (Lipinski definition) is 1. The fourth-order valence-electron chi connectivity index (χ4n) is 1.76. The van der Waals surface area contributed by atoms with E-state index in [0.717, 1.165) is 28.8 Å². The number of nitrogens with zero attached hydrogens (tertiary/aromatic N) is 3. The predicted octanol–water partition coefficient (Wildman–Crippen LogP) is 2.73. The van der Waals surface area contributed by atoms with Crippen molar-refractivity contribution in [2.24, 2.45) is 0 Å². The first-order valence-corrected chi connectivity index (χ1v) is 7.00. The Kier molecular flexibility index (Phi) is 5.04. The second-order valence-electron chi connectivity index (χ2n) is 4.31. The number of aromatic nitrogens is 3. The summed E-state index contributed by atoms with van der Waals surface area (Å²) in [6, 6.07) is 4.81. The van der Waals surface area contributed by atoms with Crippen LogP contribution < -0.4 is 5.32 Å². The van der Waals surface area contributed by atoms with Gasteiger partial charge in [0.25, 0.3) is 0 Å². The highest BCUT2D eigenvalue weighted by molar-refractivity contribution is 9.10. The molecule has 0 amide bonds. The minimum Gasteiger partial charge on any atom is -0.310 e. The van der Waals surface area contributed by atoms with Crippen LogP contribution in [0.1, 0.15) is 24.7 Å². The van der Waals surface area contributed by atoms with E-state index in [4.69, 9.17) is 0 Å². The van der Waals surface area contributed by atoms with Gasteiger partial charge >= 0.3 is 0 Å². The van der Waals surface area contributed by atoms with E-state index in [1.54, 1.807) is 11.0 Å². The minimum atomic E-state index is -0.255. The maximum absolute atomic E-state index is 13.3. The van der Waals surface area contributed by atoms with Crippen molar-refractivity contribution in [3.63, 3.8) is 0 Å². The van der Waals surface area contributed by atoms with Crippen LogP contribution in [0, 0.1) is 5.82 Å². The number of hydrogen-bond acceptors (Lipinski definition) is 3. The molecule has 0 radical (unpaired) electrons. The van der Waals surface area contributed by atoms with E-state index in [0.29, 0.717) is 13.1 Å². The minimum absolute atomic E-state index is 0.255. The van der Waals surface area contributed by atoms with Crippen LogP contribution in [0.3, 0.4) is 0 Å². The zero-order chi connectivity index (χ0) is 13.7. The van der Waals surface area contributed by atoms with Gasteiger partial charge in [-0.25, -0.2) is 14.1 Å². The van der Waals surface area contributed by atoms with Gasteiger partial charge < -0.3 is 5.32 Å². The van der Waals surface area contributed by atoms with Gasteiger partial charge in [-0.05, 0) is 36.7 Å². The molecule has 0 atom stereocenters. The Morgan fingerprint density at radius 1 is 1.37 bits per heavy atom. The highest BCUT2D eigenvalue weighted by Crippen LogP contribution is 2.15. The van der Waals surface area contributed by atoms with Crippen LogP contribution in [0.15, 0.2) is 29.0 Å². The molecule has 0 aliphatic heterocycles. The molecule has 2 aromatic rings. The molecular weight excluding hydrogens is 311 g/mol.